The minimum Gasteiger partial charge on any atom is -0.336 e. The summed E-state index contributed by atoms with van der Waals surface area (Å²) < 4.78 is 0. The predicted octanol–water partition coefficient (Wildman–Crippen LogP) is 2.38. The summed E-state index contributed by atoms with van der Waals surface area (Å²) in [7, 11) is 0. The lowest BCUT2D eigenvalue weighted by Gasteiger charge is -2.38. The molecule has 1 fully saturated rings. The van der Waals surface area contributed by atoms with Crippen molar-refractivity contribution in [2.75, 3.05) is 6.54 Å². The summed E-state index contributed by atoms with van der Waals surface area (Å²) in [6.07, 6.45) is 5.95. The first kappa shape index (κ1) is 15.3. The fraction of sp³-hybridized carbons (Fsp3) is 0.929. The molecule has 106 valence electrons. The highest BCUT2D eigenvalue weighted by Gasteiger charge is 2.33. The number of carbonyl (C=O) groups is 1. The molecule has 1 aliphatic rings. The van der Waals surface area contributed by atoms with Crippen LogP contribution in [0.1, 0.15) is 59.8 Å². The molecule has 0 radical (unpaired) electrons. The zero-order valence-electron chi connectivity index (χ0n) is 12.3. The fourth-order valence-corrected chi connectivity index (χ4v) is 2.01. The van der Waals surface area contributed by atoms with Gasteiger partial charge in [-0.25, -0.2) is 4.79 Å². The van der Waals surface area contributed by atoms with Crippen LogP contribution in [-0.2, 0) is 0 Å². The maximum atomic E-state index is 11.8. The van der Waals surface area contributed by atoms with E-state index < -0.39 is 5.54 Å². The van der Waals surface area contributed by atoms with Crippen LogP contribution in [0, 0.1) is 5.41 Å². The van der Waals surface area contributed by atoms with Crippen molar-refractivity contribution >= 4 is 6.03 Å². The number of urea groups is 1. The van der Waals surface area contributed by atoms with Crippen LogP contribution in [0.15, 0.2) is 0 Å². The van der Waals surface area contributed by atoms with E-state index >= 15 is 0 Å². The second kappa shape index (κ2) is 5.91. The number of carbonyl (C=O) groups excluding carboxylic acids is 1. The number of nitrogens with one attached hydrogen (secondary N) is 2. The molecule has 0 aliphatic heterocycles. The van der Waals surface area contributed by atoms with E-state index in [1.807, 2.05) is 6.92 Å². The third-order valence-electron chi connectivity index (χ3n) is 4.27. The van der Waals surface area contributed by atoms with Crippen LogP contribution in [0.2, 0.25) is 0 Å². The Hall–Kier alpha value is -0.770. The molecule has 4 heteroatoms. The topological polar surface area (TPSA) is 67.1 Å². The van der Waals surface area contributed by atoms with E-state index in [0.29, 0.717) is 12.6 Å². The smallest absolute Gasteiger partial charge is 0.315 e. The van der Waals surface area contributed by atoms with Gasteiger partial charge < -0.3 is 16.4 Å². The second-order valence-electron chi connectivity index (χ2n) is 6.83. The Kier molecular flexibility index (Phi) is 5.02. The van der Waals surface area contributed by atoms with Gasteiger partial charge >= 0.3 is 6.03 Å². The maximum Gasteiger partial charge on any atom is 0.315 e. The summed E-state index contributed by atoms with van der Waals surface area (Å²) in [6.45, 7) is 8.75. The Morgan fingerprint density at radius 2 is 1.72 bits per heavy atom. The molecule has 2 amide bonds. The van der Waals surface area contributed by atoms with Gasteiger partial charge in [0.1, 0.15) is 0 Å². The van der Waals surface area contributed by atoms with Gasteiger partial charge in [-0.05, 0) is 25.2 Å². The van der Waals surface area contributed by atoms with E-state index in [-0.39, 0.29) is 11.4 Å². The molecule has 0 spiro atoms. The highest BCUT2D eigenvalue weighted by atomic mass is 16.2. The minimum absolute atomic E-state index is 0.0366. The van der Waals surface area contributed by atoms with Crippen molar-refractivity contribution < 1.29 is 4.79 Å². The third kappa shape index (κ3) is 4.48. The lowest BCUT2D eigenvalue weighted by atomic mass is 9.75. The molecular weight excluding hydrogens is 226 g/mol. The first-order valence-electron chi connectivity index (χ1n) is 7.06. The number of rotatable bonds is 3. The molecule has 0 aromatic rings. The van der Waals surface area contributed by atoms with Crippen molar-refractivity contribution in [2.24, 2.45) is 11.1 Å². The standard InChI is InChI=1S/C14H29N3O/c1-13(2,3)14(4,15)10-16-12(18)17-11-8-6-5-7-9-11/h11H,5-10,15H2,1-4H3,(H2,16,17,18). The van der Waals surface area contributed by atoms with Crippen molar-refractivity contribution in [1.29, 1.82) is 0 Å². The summed E-state index contributed by atoms with van der Waals surface area (Å²) in [5.74, 6) is 0. The van der Waals surface area contributed by atoms with E-state index in [4.69, 9.17) is 5.73 Å². The number of amides is 2. The Morgan fingerprint density at radius 1 is 1.17 bits per heavy atom. The summed E-state index contributed by atoms with van der Waals surface area (Å²) in [5.41, 5.74) is 5.79. The Morgan fingerprint density at radius 3 is 2.22 bits per heavy atom. The first-order valence-corrected chi connectivity index (χ1v) is 7.06. The zero-order chi connectivity index (χ0) is 13.8. The van der Waals surface area contributed by atoms with Crippen molar-refractivity contribution in [1.82, 2.24) is 10.6 Å². The molecule has 0 heterocycles. The van der Waals surface area contributed by atoms with Crippen LogP contribution in [-0.4, -0.2) is 24.2 Å². The highest BCUT2D eigenvalue weighted by molar-refractivity contribution is 5.74. The number of hydrogen-bond donors (Lipinski definition) is 3. The summed E-state index contributed by atoms with van der Waals surface area (Å²) in [6, 6.07) is 0.264. The van der Waals surface area contributed by atoms with E-state index in [1.165, 1.54) is 19.3 Å². The second-order valence-corrected chi connectivity index (χ2v) is 6.83. The van der Waals surface area contributed by atoms with Gasteiger partial charge in [0.15, 0.2) is 0 Å². The van der Waals surface area contributed by atoms with Crippen molar-refractivity contribution in [3.05, 3.63) is 0 Å². The number of hydrogen-bond acceptors (Lipinski definition) is 2. The maximum absolute atomic E-state index is 11.8. The molecule has 1 atom stereocenters. The van der Waals surface area contributed by atoms with Crippen LogP contribution in [0.3, 0.4) is 0 Å². The average molecular weight is 255 g/mol. The quantitative estimate of drug-likeness (QED) is 0.725. The summed E-state index contributed by atoms with van der Waals surface area (Å²) in [4.78, 5) is 11.8. The molecule has 0 aromatic heterocycles. The Bertz CT molecular complexity index is 275. The van der Waals surface area contributed by atoms with Crippen molar-refractivity contribution in [3.8, 4) is 0 Å². The molecule has 0 bridgehead atoms. The van der Waals surface area contributed by atoms with E-state index in [9.17, 15) is 4.79 Å². The molecule has 1 unspecified atom stereocenters. The van der Waals surface area contributed by atoms with Crippen LogP contribution in [0.5, 0.6) is 0 Å². The average Bonchev–Trinajstić information content (AvgIpc) is 2.26. The minimum atomic E-state index is -0.406. The monoisotopic (exact) mass is 255 g/mol. The first-order chi connectivity index (χ1) is 8.22. The van der Waals surface area contributed by atoms with Gasteiger partial charge in [0, 0.05) is 18.1 Å². The van der Waals surface area contributed by atoms with Gasteiger partial charge in [0.2, 0.25) is 0 Å². The van der Waals surface area contributed by atoms with Crippen LogP contribution in [0.4, 0.5) is 4.79 Å². The van der Waals surface area contributed by atoms with Gasteiger partial charge in [-0.3, -0.25) is 0 Å². The molecule has 4 nitrogen and oxygen atoms in total. The van der Waals surface area contributed by atoms with Crippen LogP contribution < -0.4 is 16.4 Å². The van der Waals surface area contributed by atoms with Crippen molar-refractivity contribution in [2.45, 2.75) is 71.4 Å². The summed E-state index contributed by atoms with van der Waals surface area (Å²) >= 11 is 0. The number of nitrogens with two attached hydrogens (primary N) is 1. The summed E-state index contributed by atoms with van der Waals surface area (Å²) in [5, 5.41) is 5.94. The predicted molar refractivity (Wildman–Crippen MR) is 75.5 cm³/mol. The lowest BCUT2D eigenvalue weighted by molar-refractivity contribution is 0.194. The Labute approximate surface area is 111 Å². The highest BCUT2D eigenvalue weighted by Crippen LogP contribution is 2.26. The molecular formula is C14H29N3O. The molecule has 1 aliphatic carbocycles. The van der Waals surface area contributed by atoms with Crippen molar-refractivity contribution in [3.63, 3.8) is 0 Å². The van der Waals surface area contributed by atoms with Gasteiger partial charge in [-0.15, -0.1) is 0 Å². The van der Waals surface area contributed by atoms with Crippen LogP contribution >= 0.6 is 0 Å². The van der Waals surface area contributed by atoms with Gasteiger partial charge in [-0.1, -0.05) is 40.0 Å². The molecule has 1 rings (SSSR count). The molecule has 18 heavy (non-hydrogen) atoms. The molecule has 0 saturated heterocycles. The Balaban J connectivity index is 2.32. The molecule has 0 aromatic carbocycles. The van der Waals surface area contributed by atoms with Gasteiger partial charge in [0.05, 0.1) is 0 Å². The molecule has 1 saturated carbocycles. The van der Waals surface area contributed by atoms with E-state index in [2.05, 4.69) is 31.4 Å². The van der Waals surface area contributed by atoms with Gasteiger partial charge in [0.25, 0.3) is 0 Å². The SMILES string of the molecule is CC(C)(C)C(C)(N)CNC(=O)NC1CCCCC1. The zero-order valence-corrected chi connectivity index (χ0v) is 12.3. The van der Waals surface area contributed by atoms with Crippen LogP contribution in [0.25, 0.3) is 0 Å². The fourth-order valence-electron chi connectivity index (χ4n) is 2.01. The van der Waals surface area contributed by atoms with Gasteiger partial charge in [-0.2, -0.15) is 0 Å². The van der Waals surface area contributed by atoms with E-state index in [0.717, 1.165) is 12.8 Å². The largest absolute Gasteiger partial charge is 0.336 e. The van der Waals surface area contributed by atoms with E-state index in [1.54, 1.807) is 0 Å². The lowest BCUT2D eigenvalue weighted by Crippen LogP contribution is -2.58. The molecule has 4 N–H and O–H groups in total. The normalized spacial score (nSPS) is 21.2. The third-order valence-corrected chi connectivity index (χ3v) is 4.27.